The summed E-state index contributed by atoms with van der Waals surface area (Å²) in [4.78, 5) is 35.9. The molecule has 0 aliphatic heterocycles. The molecule has 7 heteroatoms. The van der Waals surface area contributed by atoms with Gasteiger partial charge in [-0.25, -0.2) is 4.79 Å². The molecule has 0 saturated heterocycles. The Labute approximate surface area is 192 Å². The number of carboxylic acids is 1. The van der Waals surface area contributed by atoms with Crippen molar-refractivity contribution in [2.45, 2.75) is 44.2 Å². The Morgan fingerprint density at radius 2 is 1.70 bits per heavy atom. The Bertz CT molecular complexity index is 1030. The topological polar surface area (TPSA) is 105 Å². The number of carbonyl (C=O) groups excluding carboxylic acids is 2. The molecular weight excluding hydrogens is 420 g/mol. The number of alkyl carbamates (subject to hydrolysis) is 1. The highest BCUT2D eigenvalue weighted by atomic mass is 16.5. The molecule has 2 aromatic carbocycles. The van der Waals surface area contributed by atoms with Crippen LogP contribution in [0.1, 0.15) is 43.2 Å². The predicted octanol–water partition coefficient (Wildman–Crippen LogP) is 3.84. The van der Waals surface area contributed by atoms with Crippen LogP contribution in [-0.2, 0) is 14.3 Å². The fourth-order valence-electron chi connectivity index (χ4n) is 4.63. The molecule has 3 N–H and O–H groups in total. The van der Waals surface area contributed by atoms with Crippen molar-refractivity contribution in [3.63, 3.8) is 0 Å². The van der Waals surface area contributed by atoms with E-state index in [2.05, 4.69) is 34.9 Å². The minimum Gasteiger partial charge on any atom is -0.481 e. The summed E-state index contributed by atoms with van der Waals surface area (Å²) in [6.45, 7) is 1.94. The van der Waals surface area contributed by atoms with E-state index in [9.17, 15) is 14.4 Å². The lowest BCUT2D eigenvalue weighted by atomic mass is 9.91. The van der Waals surface area contributed by atoms with Gasteiger partial charge in [-0.3, -0.25) is 9.59 Å². The molecule has 7 nitrogen and oxygen atoms in total. The zero-order valence-corrected chi connectivity index (χ0v) is 18.5. The molecule has 0 radical (unpaired) electrons. The molecule has 0 bridgehead atoms. The number of carboxylic acid groups (broad SMARTS) is 1. The maximum absolute atomic E-state index is 12.4. The van der Waals surface area contributed by atoms with Crippen LogP contribution in [0.3, 0.4) is 0 Å². The van der Waals surface area contributed by atoms with Gasteiger partial charge in [-0.15, -0.1) is 0 Å². The van der Waals surface area contributed by atoms with Gasteiger partial charge in [0.05, 0.1) is 5.92 Å². The van der Waals surface area contributed by atoms with E-state index in [0.717, 1.165) is 22.3 Å². The van der Waals surface area contributed by atoms with E-state index in [-0.39, 0.29) is 30.9 Å². The van der Waals surface area contributed by atoms with Gasteiger partial charge in [0.15, 0.2) is 0 Å². The molecule has 0 saturated carbocycles. The third kappa shape index (κ3) is 5.25. The number of aliphatic carboxylic acids is 1. The van der Waals surface area contributed by atoms with Crippen molar-refractivity contribution in [3.8, 4) is 11.1 Å². The quantitative estimate of drug-likeness (QED) is 0.558. The molecule has 2 aromatic rings. The zero-order valence-electron chi connectivity index (χ0n) is 18.5. The summed E-state index contributed by atoms with van der Waals surface area (Å²) in [5.41, 5.74) is 4.60. The molecule has 2 aliphatic carbocycles. The van der Waals surface area contributed by atoms with Crippen LogP contribution < -0.4 is 10.6 Å². The summed E-state index contributed by atoms with van der Waals surface area (Å²) in [5.74, 6) is -1.62. The Hall–Kier alpha value is -3.61. The third-order valence-corrected chi connectivity index (χ3v) is 6.22. The number of hydrogen-bond donors (Lipinski definition) is 3. The average molecular weight is 449 g/mol. The Balaban J connectivity index is 1.26. The number of ether oxygens (including phenoxy) is 1. The van der Waals surface area contributed by atoms with Crippen molar-refractivity contribution in [1.29, 1.82) is 0 Å². The van der Waals surface area contributed by atoms with E-state index in [0.29, 0.717) is 12.8 Å². The highest BCUT2D eigenvalue weighted by Crippen LogP contribution is 2.44. The van der Waals surface area contributed by atoms with Crippen molar-refractivity contribution in [1.82, 2.24) is 10.6 Å². The smallest absolute Gasteiger partial charge is 0.407 e. The molecule has 4 rings (SSSR count). The van der Waals surface area contributed by atoms with Crippen LogP contribution in [0.25, 0.3) is 11.1 Å². The third-order valence-electron chi connectivity index (χ3n) is 6.22. The van der Waals surface area contributed by atoms with Gasteiger partial charge >= 0.3 is 12.1 Å². The molecule has 3 atom stereocenters. The second-order valence-corrected chi connectivity index (χ2v) is 8.68. The van der Waals surface area contributed by atoms with Crippen LogP contribution in [0.2, 0.25) is 0 Å². The summed E-state index contributed by atoms with van der Waals surface area (Å²) in [6.07, 6.45) is 3.95. The molecule has 172 valence electrons. The van der Waals surface area contributed by atoms with Gasteiger partial charge in [-0.05, 0) is 42.0 Å². The van der Waals surface area contributed by atoms with Gasteiger partial charge in [-0.1, -0.05) is 60.7 Å². The van der Waals surface area contributed by atoms with Crippen molar-refractivity contribution >= 4 is 18.0 Å². The van der Waals surface area contributed by atoms with Gasteiger partial charge in [0.1, 0.15) is 6.61 Å². The number of allylic oxidation sites excluding steroid dienone is 1. The predicted molar refractivity (Wildman–Crippen MR) is 124 cm³/mol. The van der Waals surface area contributed by atoms with E-state index >= 15 is 0 Å². The molecule has 0 unspecified atom stereocenters. The maximum Gasteiger partial charge on any atom is 0.407 e. The number of amides is 2. The lowest BCUT2D eigenvalue weighted by Gasteiger charge is -2.23. The van der Waals surface area contributed by atoms with Crippen molar-refractivity contribution in [2.75, 3.05) is 6.61 Å². The number of nitrogens with one attached hydrogen (secondary N) is 2. The summed E-state index contributed by atoms with van der Waals surface area (Å²) < 4.78 is 5.52. The first-order chi connectivity index (χ1) is 15.9. The molecule has 0 spiro atoms. The first-order valence-electron chi connectivity index (χ1n) is 11.2. The van der Waals surface area contributed by atoms with E-state index in [4.69, 9.17) is 9.84 Å². The van der Waals surface area contributed by atoms with Crippen LogP contribution >= 0.6 is 0 Å². The Kier molecular flexibility index (Phi) is 6.77. The number of hydrogen-bond acceptors (Lipinski definition) is 4. The van der Waals surface area contributed by atoms with Gasteiger partial charge < -0.3 is 20.5 Å². The molecule has 33 heavy (non-hydrogen) atoms. The first kappa shape index (κ1) is 22.6. The highest BCUT2D eigenvalue weighted by Gasteiger charge is 2.29. The number of carbonyl (C=O) groups is 3. The van der Waals surface area contributed by atoms with E-state index in [1.165, 1.54) is 0 Å². The van der Waals surface area contributed by atoms with Gasteiger partial charge in [0.25, 0.3) is 0 Å². The lowest BCUT2D eigenvalue weighted by molar-refractivity contribution is -0.142. The fourth-order valence-corrected chi connectivity index (χ4v) is 4.63. The van der Waals surface area contributed by atoms with Crippen molar-refractivity contribution in [2.24, 2.45) is 5.92 Å². The van der Waals surface area contributed by atoms with Gasteiger partial charge in [0.2, 0.25) is 5.91 Å². The van der Waals surface area contributed by atoms with Crippen LogP contribution in [0.15, 0.2) is 60.7 Å². The molecule has 2 amide bonds. The van der Waals surface area contributed by atoms with E-state index < -0.39 is 24.0 Å². The van der Waals surface area contributed by atoms with Gasteiger partial charge in [-0.2, -0.15) is 0 Å². The van der Waals surface area contributed by atoms with E-state index in [1.807, 2.05) is 30.3 Å². The molecule has 2 aliphatic rings. The second kappa shape index (κ2) is 9.90. The standard InChI is InChI=1S/C26H28N2O5/c1-16(13-24(29)28-18-8-6-7-17(14-18)25(30)31)27-26(32)33-15-23-21-11-4-2-9-19(21)20-10-3-5-12-22(20)23/h2-6,8-12,16-18,23H,7,13-15H2,1H3,(H,27,32)(H,28,29)(H,30,31)/t16-,17-,18-/m0/s1. The monoisotopic (exact) mass is 448 g/mol. The summed E-state index contributed by atoms with van der Waals surface area (Å²) in [6, 6.07) is 15.5. The normalized spacial score (nSPS) is 19.8. The molecular formula is C26H28N2O5. The van der Waals surface area contributed by atoms with Crippen molar-refractivity contribution < 1.29 is 24.2 Å². The molecule has 0 fully saturated rings. The number of rotatable bonds is 7. The van der Waals surface area contributed by atoms with Crippen LogP contribution in [0, 0.1) is 5.92 Å². The number of fused-ring (bicyclic) bond motifs is 3. The highest BCUT2D eigenvalue weighted by molar-refractivity contribution is 5.80. The minimum atomic E-state index is -0.858. The first-order valence-corrected chi connectivity index (χ1v) is 11.2. The fraction of sp³-hybridized carbons (Fsp3) is 0.346. The summed E-state index contributed by atoms with van der Waals surface area (Å²) in [7, 11) is 0. The zero-order chi connectivity index (χ0) is 23.4. The van der Waals surface area contributed by atoms with Crippen LogP contribution in [0.4, 0.5) is 4.79 Å². The average Bonchev–Trinajstić information content (AvgIpc) is 3.11. The second-order valence-electron chi connectivity index (χ2n) is 8.68. The van der Waals surface area contributed by atoms with Crippen LogP contribution in [-0.4, -0.2) is 41.8 Å². The SMILES string of the molecule is C[C@@H](CC(=O)N[C@H]1C=CC[C@H](C(=O)O)C1)NC(=O)OCC1c2ccccc2-c2ccccc21. The van der Waals surface area contributed by atoms with Gasteiger partial charge in [0, 0.05) is 24.4 Å². The molecule has 0 aromatic heterocycles. The minimum absolute atomic E-state index is 0.0259. The summed E-state index contributed by atoms with van der Waals surface area (Å²) >= 11 is 0. The largest absolute Gasteiger partial charge is 0.481 e. The maximum atomic E-state index is 12.4. The van der Waals surface area contributed by atoms with Crippen LogP contribution in [0.5, 0.6) is 0 Å². The Morgan fingerprint density at radius 3 is 2.33 bits per heavy atom. The van der Waals surface area contributed by atoms with Crippen molar-refractivity contribution in [3.05, 3.63) is 71.8 Å². The van der Waals surface area contributed by atoms with E-state index in [1.54, 1.807) is 13.0 Å². The Morgan fingerprint density at radius 1 is 1.06 bits per heavy atom. The summed E-state index contributed by atoms with van der Waals surface area (Å²) in [5, 5.41) is 14.7. The number of benzene rings is 2. The lowest BCUT2D eigenvalue weighted by Crippen LogP contribution is -2.42. The molecule has 0 heterocycles.